The molecule has 2 bridgehead atoms. The molecule has 118 valence electrons. The first-order chi connectivity index (χ1) is 10.5. The van der Waals surface area contributed by atoms with Gasteiger partial charge in [-0.1, -0.05) is 36.8 Å². The number of carbonyl (C=O) groups is 2. The molecule has 0 spiro atoms. The Hall–Kier alpha value is -1.84. The van der Waals surface area contributed by atoms with Crippen molar-refractivity contribution >= 4 is 11.8 Å². The normalized spacial score (nSPS) is 29.0. The Morgan fingerprint density at radius 3 is 2.50 bits per heavy atom. The predicted molar refractivity (Wildman–Crippen MR) is 84.7 cm³/mol. The Labute approximate surface area is 131 Å². The minimum absolute atomic E-state index is 0.0669. The maximum absolute atomic E-state index is 12.4. The Bertz CT molecular complexity index is 572. The number of carbonyl (C=O) groups excluding carboxylic acids is 2. The van der Waals surface area contributed by atoms with Crippen molar-refractivity contribution in [1.29, 1.82) is 0 Å². The maximum Gasteiger partial charge on any atom is 0.247 e. The first kappa shape index (κ1) is 15.1. The van der Waals surface area contributed by atoms with Crippen LogP contribution in [0.1, 0.15) is 44.6 Å². The fourth-order valence-corrected chi connectivity index (χ4v) is 4.24. The van der Waals surface area contributed by atoms with Crippen molar-refractivity contribution in [2.75, 3.05) is 0 Å². The van der Waals surface area contributed by atoms with E-state index < -0.39 is 11.4 Å². The third kappa shape index (κ3) is 2.74. The highest BCUT2D eigenvalue weighted by atomic mass is 16.2. The number of nitrogens with two attached hydrogens (primary N) is 1. The molecule has 0 aromatic heterocycles. The quantitative estimate of drug-likeness (QED) is 0.876. The van der Waals surface area contributed by atoms with E-state index in [9.17, 15) is 9.59 Å². The lowest BCUT2D eigenvalue weighted by Gasteiger charge is -2.29. The van der Waals surface area contributed by atoms with Crippen molar-refractivity contribution in [2.24, 2.45) is 23.5 Å². The van der Waals surface area contributed by atoms with Gasteiger partial charge in [-0.3, -0.25) is 9.59 Å². The second-order valence-corrected chi connectivity index (χ2v) is 7.04. The van der Waals surface area contributed by atoms with Crippen LogP contribution in [-0.4, -0.2) is 11.8 Å². The second-order valence-electron chi connectivity index (χ2n) is 7.04. The van der Waals surface area contributed by atoms with Crippen molar-refractivity contribution in [3.63, 3.8) is 0 Å². The molecule has 3 rings (SSSR count). The summed E-state index contributed by atoms with van der Waals surface area (Å²) in [4.78, 5) is 24.4. The van der Waals surface area contributed by atoms with Crippen molar-refractivity contribution in [2.45, 2.75) is 44.6 Å². The maximum atomic E-state index is 12.4. The van der Waals surface area contributed by atoms with Crippen LogP contribution in [0.4, 0.5) is 0 Å². The number of rotatable bonds is 5. The average Bonchev–Trinajstić information content (AvgIpc) is 3.10. The minimum Gasteiger partial charge on any atom is -0.367 e. The highest BCUT2D eigenvalue weighted by molar-refractivity contribution is 5.91. The van der Waals surface area contributed by atoms with E-state index in [0.29, 0.717) is 18.3 Å². The van der Waals surface area contributed by atoms with Gasteiger partial charge in [-0.25, -0.2) is 0 Å². The van der Waals surface area contributed by atoms with E-state index in [4.69, 9.17) is 5.73 Å². The van der Waals surface area contributed by atoms with E-state index in [1.54, 1.807) is 6.92 Å². The summed E-state index contributed by atoms with van der Waals surface area (Å²) in [5.41, 5.74) is 5.15. The number of nitrogens with one attached hydrogen (secondary N) is 1. The van der Waals surface area contributed by atoms with Crippen LogP contribution in [0.3, 0.4) is 0 Å². The summed E-state index contributed by atoms with van der Waals surface area (Å²) in [6.45, 7) is 1.68. The van der Waals surface area contributed by atoms with Crippen LogP contribution in [-0.2, 0) is 15.1 Å². The number of amides is 2. The molecule has 0 aliphatic heterocycles. The second kappa shape index (κ2) is 5.75. The molecular weight excluding hydrogens is 276 g/mol. The van der Waals surface area contributed by atoms with E-state index in [1.165, 1.54) is 19.3 Å². The number of benzene rings is 1. The van der Waals surface area contributed by atoms with Gasteiger partial charge in [0, 0.05) is 6.42 Å². The molecule has 3 N–H and O–H groups in total. The highest BCUT2D eigenvalue weighted by Crippen LogP contribution is 2.49. The number of primary amides is 1. The van der Waals surface area contributed by atoms with Crippen LogP contribution in [0.5, 0.6) is 0 Å². The van der Waals surface area contributed by atoms with Gasteiger partial charge >= 0.3 is 0 Å². The molecular formula is C18H24N2O2. The molecule has 2 fully saturated rings. The van der Waals surface area contributed by atoms with Crippen molar-refractivity contribution in [3.05, 3.63) is 35.9 Å². The smallest absolute Gasteiger partial charge is 0.247 e. The van der Waals surface area contributed by atoms with Gasteiger partial charge in [0.15, 0.2) is 0 Å². The fourth-order valence-electron chi connectivity index (χ4n) is 4.24. The van der Waals surface area contributed by atoms with Crippen LogP contribution in [0.15, 0.2) is 30.3 Å². The SMILES string of the molecule is C[C@](NC(=O)C[C@@H]1C[C@H]2CC[C@H]1C2)(C(N)=O)c1ccccc1. The largest absolute Gasteiger partial charge is 0.367 e. The lowest BCUT2D eigenvalue weighted by molar-refractivity contribution is -0.132. The molecule has 1 aromatic carbocycles. The van der Waals surface area contributed by atoms with Gasteiger partial charge in [0.1, 0.15) is 5.54 Å². The van der Waals surface area contributed by atoms with E-state index >= 15 is 0 Å². The zero-order chi connectivity index (χ0) is 15.7. The van der Waals surface area contributed by atoms with Crippen molar-refractivity contribution < 1.29 is 9.59 Å². The van der Waals surface area contributed by atoms with Gasteiger partial charge in [0.05, 0.1) is 0 Å². The number of fused-ring (bicyclic) bond motifs is 2. The Morgan fingerprint density at radius 2 is 1.95 bits per heavy atom. The Balaban J connectivity index is 1.69. The van der Waals surface area contributed by atoms with E-state index in [-0.39, 0.29) is 5.91 Å². The average molecular weight is 300 g/mol. The molecule has 0 heterocycles. The molecule has 22 heavy (non-hydrogen) atoms. The predicted octanol–water partition coefficient (Wildman–Crippen LogP) is 2.33. The molecule has 0 saturated heterocycles. The van der Waals surface area contributed by atoms with Crippen LogP contribution in [0, 0.1) is 17.8 Å². The summed E-state index contributed by atoms with van der Waals surface area (Å²) < 4.78 is 0. The molecule has 0 unspecified atom stereocenters. The molecule has 4 heteroatoms. The molecule has 2 aliphatic carbocycles. The van der Waals surface area contributed by atoms with E-state index in [2.05, 4.69) is 5.32 Å². The first-order valence-corrected chi connectivity index (χ1v) is 8.15. The third-order valence-electron chi connectivity index (χ3n) is 5.57. The molecule has 2 aliphatic rings. The highest BCUT2D eigenvalue weighted by Gasteiger charge is 2.41. The van der Waals surface area contributed by atoms with Crippen molar-refractivity contribution in [1.82, 2.24) is 5.32 Å². The lowest BCUT2D eigenvalue weighted by Crippen LogP contribution is -2.53. The number of hydrogen-bond donors (Lipinski definition) is 2. The van der Waals surface area contributed by atoms with Crippen LogP contribution in [0.2, 0.25) is 0 Å². The summed E-state index contributed by atoms with van der Waals surface area (Å²) in [7, 11) is 0. The van der Waals surface area contributed by atoms with E-state index in [1.807, 2.05) is 30.3 Å². The van der Waals surface area contributed by atoms with Crippen molar-refractivity contribution in [3.8, 4) is 0 Å². The van der Waals surface area contributed by atoms with Crippen LogP contribution in [0.25, 0.3) is 0 Å². The lowest BCUT2D eigenvalue weighted by atomic mass is 9.85. The molecule has 0 radical (unpaired) electrons. The monoisotopic (exact) mass is 300 g/mol. The third-order valence-corrected chi connectivity index (χ3v) is 5.57. The standard InChI is InChI=1S/C18H24N2O2/c1-18(17(19)22,15-5-3-2-4-6-15)20-16(21)11-14-10-12-7-8-13(14)9-12/h2-6,12-14H,7-11H2,1H3,(H2,19,22)(H,20,21)/t12-,13-,14-,18+/m0/s1. The van der Waals surface area contributed by atoms with E-state index in [0.717, 1.165) is 17.9 Å². The summed E-state index contributed by atoms with van der Waals surface area (Å²) in [6, 6.07) is 9.21. The zero-order valence-electron chi connectivity index (χ0n) is 13.0. The fraction of sp³-hybridized carbons (Fsp3) is 0.556. The van der Waals surface area contributed by atoms with Gasteiger partial charge in [0.2, 0.25) is 11.8 Å². The Kier molecular flexibility index (Phi) is 3.94. The molecule has 2 amide bonds. The van der Waals surface area contributed by atoms with Crippen LogP contribution < -0.4 is 11.1 Å². The Morgan fingerprint density at radius 1 is 1.23 bits per heavy atom. The molecule has 4 atom stereocenters. The van der Waals surface area contributed by atoms with Gasteiger partial charge in [-0.15, -0.1) is 0 Å². The van der Waals surface area contributed by atoms with Gasteiger partial charge in [-0.2, -0.15) is 0 Å². The molecule has 4 nitrogen and oxygen atoms in total. The summed E-state index contributed by atoms with van der Waals surface area (Å²) in [5.74, 6) is 1.40. The first-order valence-electron chi connectivity index (χ1n) is 8.15. The summed E-state index contributed by atoms with van der Waals surface area (Å²) >= 11 is 0. The summed E-state index contributed by atoms with van der Waals surface area (Å²) in [5, 5.41) is 2.88. The van der Waals surface area contributed by atoms with Gasteiger partial charge < -0.3 is 11.1 Å². The van der Waals surface area contributed by atoms with Gasteiger partial charge in [-0.05, 0) is 49.5 Å². The molecule has 2 saturated carbocycles. The van der Waals surface area contributed by atoms with Crippen LogP contribution >= 0.6 is 0 Å². The van der Waals surface area contributed by atoms with Gasteiger partial charge in [0.25, 0.3) is 0 Å². The number of hydrogen-bond acceptors (Lipinski definition) is 2. The summed E-state index contributed by atoms with van der Waals surface area (Å²) in [6.07, 6.45) is 5.54. The zero-order valence-corrected chi connectivity index (χ0v) is 13.0. The minimum atomic E-state index is -1.14. The topological polar surface area (TPSA) is 72.2 Å². The molecule has 1 aromatic rings.